The van der Waals surface area contributed by atoms with Crippen LogP contribution in [0.25, 0.3) is 0 Å². The number of nitrogens with one attached hydrogen (secondary N) is 1. The number of likely N-dealkylation sites (tertiary alicyclic amines) is 1. The molecule has 0 saturated carbocycles. The molecule has 41 heavy (non-hydrogen) atoms. The number of carbonyl (C=O) groups excluding carboxylic acids is 1. The number of hydrogen-bond donors (Lipinski definition) is 1. The molecule has 0 bridgehead atoms. The number of nitrogens with zero attached hydrogens (tertiary/aromatic N) is 4. The number of benzene rings is 2. The van der Waals surface area contributed by atoms with Gasteiger partial charge in [-0.1, -0.05) is 23.7 Å². The molecule has 8 heteroatoms. The number of anilines is 1. The van der Waals surface area contributed by atoms with Crippen LogP contribution in [0.1, 0.15) is 65.6 Å². The average Bonchev–Trinajstić information content (AvgIpc) is 3.34. The average molecular weight is 572 g/mol. The number of pyridine rings is 1. The highest BCUT2D eigenvalue weighted by molar-refractivity contribution is 6.30. The molecule has 6 nitrogen and oxygen atoms in total. The maximum Gasteiger partial charge on any atom is 0.321 e. The van der Waals surface area contributed by atoms with E-state index in [1.54, 1.807) is 12.1 Å². The van der Waals surface area contributed by atoms with E-state index in [9.17, 15) is 9.18 Å². The number of hydrogen-bond acceptors (Lipinski definition) is 3. The van der Waals surface area contributed by atoms with Gasteiger partial charge in [0.25, 0.3) is 0 Å². The topological polar surface area (TPSA) is 63.1 Å². The summed E-state index contributed by atoms with van der Waals surface area (Å²) in [6.07, 6.45) is 10.7. The molecule has 0 radical (unpaired) electrons. The van der Waals surface area contributed by atoms with E-state index in [4.69, 9.17) is 16.6 Å². The van der Waals surface area contributed by atoms with E-state index in [-0.39, 0.29) is 17.8 Å². The first-order valence-corrected chi connectivity index (χ1v) is 14.9. The van der Waals surface area contributed by atoms with Crippen molar-refractivity contribution in [2.45, 2.75) is 57.4 Å². The Labute approximate surface area is 245 Å². The zero-order valence-electron chi connectivity index (χ0n) is 23.3. The predicted octanol–water partition coefficient (Wildman–Crippen LogP) is 7.58. The molecule has 212 valence electrons. The number of rotatable bonds is 6. The summed E-state index contributed by atoms with van der Waals surface area (Å²) in [5.74, 6) is 0.540. The molecule has 2 aromatic heterocycles. The quantitative estimate of drug-likeness (QED) is 0.259. The van der Waals surface area contributed by atoms with Gasteiger partial charge in [0, 0.05) is 48.7 Å². The monoisotopic (exact) mass is 571 g/mol. The van der Waals surface area contributed by atoms with Gasteiger partial charge in [-0.15, -0.1) is 0 Å². The second-order valence-corrected chi connectivity index (χ2v) is 11.8. The summed E-state index contributed by atoms with van der Waals surface area (Å²) in [7, 11) is 0. The number of urea groups is 1. The van der Waals surface area contributed by atoms with Gasteiger partial charge in [0.05, 0.1) is 17.7 Å². The summed E-state index contributed by atoms with van der Waals surface area (Å²) in [6.45, 7) is 4.28. The van der Waals surface area contributed by atoms with Crippen LogP contribution in [-0.4, -0.2) is 38.6 Å². The molecule has 2 aromatic carbocycles. The van der Waals surface area contributed by atoms with Gasteiger partial charge >= 0.3 is 6.03 Å². The molecule has 2 unspecified atom stereocenters. The number of aromatic nitrogens is 3. The fourth-order valence-electron chi connectivity index (χ4n) is 6.63. The SMILES string of the molecule is Cc1cn(CCCC2Cc3cc(Cl)ccc3C(C3CCN(C(=O)Nc4ccc(F)cc4)CC3)c3ncccc32)cn1. The Morgan fingerprint density at radius 2 is 1.88 bits per heavy atom. The lowest BCUT2D eigenvalue weighted by Gasteiger charge is -2.36. The van der Waals surface area contributed by atoms with Crippen molar-refractivity contribution in [3.05, 3.63) is 112 Å². The van der Waals surface area contributed by atoms with Crippen LogP contribution in [0.5, 0.6) is 0 Å². The summed E-state index contributed by atoms with van der Waals surface area (Å²) in [5.41, 5.74) is 6.77. The van der Waals surface area contributed by atoms with Crippen LogP contribution in [0, 0.1) is 18.7 Å². The van der Waals surface area contributed by atoms with Crippen LogP contribution in [0.4, 0.5) is 14.9 Å². The van der Waals surface area contributed by atoms with Crippen LogP contribution >= 0.6 is 11.6 Å². The summed E-state index contributed by atoms with van der Waals surface area (Å²) < 4.78 is 15.4. The Morgan fingerprint density at radius 1 is 1.07 bits per heavy atom. The van der Waals surface area contributed by atoms with Crippen molar-refractivity contribution >= 4 is 23.3 Å². The predicted molar refractivity (Wildman–Crippen MR) is 160 cm³/mol. The zero-order valence-corrected chi connectivity index (χ0v) is 24.0. The Morgan fingerprint density at radius 3 is 2.63 bits per heavy atom. The molecule has 2 atom stereocenters. The van der Waals surface area contributed by atoms with Crippen molar-refractivity contribution < 1.29 is 9.18 Å². The van der Waals surface area contributed by atoms with E-state index in [0.29, 0.717) is 30.6 Å². The summed E-state index contributed by atoms with van der Waals surface area (Å²) in [6, 6.07) is 16.4. The van der Waals surface area contributed by atoms with E-state index in [1.807, 2.05) is 30.4 Å². The minimum atomic E-state index is -0.321. The van der Waals surface area contributed by atoms with E-state index in [0.717, 1.165) is 49.4 Å². The van der Waals surface area contributed by atoms with E-state index >= 15 is 0 Å². The van der Waals surface area contributed by atoms with Crippen molar-refractivity contribution in [2.75, 3.05) is 18.4 Å². The highest BCUT2D eigenvalue weighted by Gasteiger charge is 2.37. The third-order valence-electron chi connectivity index (χ3n) is 8.64. The second kappa shape index (κ2) is 12.0. The smallest absolute Gasteiger partial charge is 0.321 e. The molecule has 0 spiro atoms. The standard InChI is InChI=1S/C33H35ClFN5O/c1-22-20-39(21-37-22)15-3-4-24-18-25-19-26(34)6-11-29(25)31(32-30(24)5-2-14-36-32)23-12-16-40(17-13-23)33(41)38-28-9-7-27(35)8-10-28/h2,5-11,14,19-21,23-24,31H,3-4,12-13,15-18H2,1H3,(H,38,41). The second-order valence-electron chi connectivity index (χ2n) is 11.4. The maximum atomic E-state index is 13.3. The lowest BCUT2D eigenvalue weighted by atomic mass is 9.76. The molecule has 3 heterocycles. The molecule has 6 rings (SSSR count). The highest BCUT2D eigenvalue weighted by atomic mass is 35.5. The van der Waals surface area contributed by atoms with E-state index in [2.05, 4.69) is 45.3 Å². The number of fused-ring (bicyclic) bond motifs is 2. The first kappa shape index (κ1) is 27.5. The number of amides is 2. The molecular formula is C33H35ClFN5O. The van der Waals surface area contributed by atoms with Crippen LogP contribution in [0.3, 0.4) is 0 Å². The van der Waals surface area contributed by atoms with Crippen molar-refractivity contribution in [2.24, 2.45) is 5.92 Å². The van der Waals surface area contributed by atoms with Gasteiger partial charge in [-0.25, -0.2) is 14.2 Å². The molecule has 1 fully saturated rings. The van der Waals surface area contributed by atoms with E-state index < -0.39 is 0 Å². The molecule has 1 saturated heterocycles. The molecular weight excluding hydrogens is 537 g/mol. The maximum absolute atomic E-state index is 13.3. The Kier molecular flexibility index (Phi) is 8.06. The van der Waals surface area contributed by atoms with Gasteiger partial charge < -0.3 is 14.8 Å². The third-order valence-corrected chi connectivity index (χ3v) is 8.87. The first-order chi connectivity index (χ1) is 19.9. The normalized spacial score (nSPS) is 18.9. The summed E-state index contributed by atoms with van der Waals surface area (Å²) in [4.78, 5) is 24.2. The highest BCUT2D eigenvalue weighted by Crippen LogP contribution is 2.46. The number of halogens is 2. The van der Waals surface area contributed by atoms with Crippen LogP contribution in [0.2, 0.25) is 5.02 Å². The minimum absolute atomic E-state index is 0.144. The molecule has 1 N–H and O–H groups in total. The van der Waals surface area contributed by atoms with Crippen molar-refractivity contribution in [3.8, 4) is 0 Å². The summed E-state index contributed by atoms with van der Waals surface area (Å²) in [5, 5.41) is 3.67. The van der Waals surface area contributed by atoms with Gasteiger partial charge in [-0.05, 0) is 110 Å². The van der Waals surface area contributed by atoms with Gasteiger partial charge in [0.15, 0.2) is 0 Å². The number of piperidine rings is 1. The van der Waals surface area contributed by atoms with Gasteiger partial charge in [0.2, 0.25) is 0 Å². The van der Waals surface area contributed by atoms with Crippen LogP contribution in [0.15, 0.2) is 73.3 Å². The molecule has 1 aliphatic carbocycles. The van der Waals surface area contributed by atoms with Crippen molar-refractivity contribution in [1.29, 1.82) is 0 Å². The van der Waals surface area contributed by atoms with Gasteiger partial charge in [-0.3, -0.25) is 4.98 Å². The fraction of sp³-hybridized carbons (Fsp3) is 0.364. The van der Waals surface area contributed by atoms with Crippen LogP contribution < -0.4 is 5.32 Å². The zero-order chi connectivity index (χ0) is 28.3. The Bertz CT molecular complexity index is 1510. The number of carbonyl (C=O) groups is 1. The lowest BCUT2D eigenvalue weighted by Crippen LogP contribution is -2.42. The lowest BCUT2D eigenvalue weighted by molar-refractivity contribution is 0.177. The Balaban J connectivity index is 1.22. The molecule has 4 aromatic rings. The number of aryl methyl sites for hydroxylation is 2. The largest absolute Gasteiger partial charge is 0.337 e. The molecule has 2 amide bonds. The van der Waals surface area contributed by atoms with E-state index in [1.165, 1.54) is 34.5 Å². The van der Waals surface area contributed by atoms with Gasteiger partial charge in [0.1, 0.15) is 5.82 Å². The first-order valence-electron chi connectivity index (χ1n) is 14.5. The molecule has 2 aliphatic rings. The van der Waals surface area contributed by atoms with Crippen molar-refractivity contribution in [3.63, 3.8) is 0 Å². The fourth-order valence-corrected chi connectivity index (χ4v) is 6.83. The summed E-state index contributed by atoms with van der Waals surface area (Å²) >= 11 is 6.54. The Hall–Kier alpha value is -3.71. The third kappa shape index (κ3) is 6.15. The molecule has 1 aliphatic heterocycles. The van der Waals surface area contributed by atoms with Gasteiger partial charge in [-0.2, -0.15) is 0 Å². The minimum Gasteiger partial charge on any atom is -0.337 e. The van der Waals surface area contributed by atoms with Crippen LogP contribution in [-0.2, 0) is 13.0 Å². The number of imidazole rings is 1. The van der Waals surface area contributed by atoms with Crippen molar-refractivity contribution in [1.82, 2.24) is 19.4 Å².